The van der Waals surface area contributed by atoms with E-state index in [0.717, 1.165) is 0 Å². The Morgan fingerprint density at radius 1 is 1.33 bits per heavy atom. The van der Waals surface area contributed by atoms with Crippen LogP contribution in [-0.4, -0.2) is 22.8 Å². The van der Waals surface area contributed by atoms with Crippen molar-refractivity contribution in [3.05, 3.63) is 11.7 Å². The second-order valence-corrected chi connectivity index (χ2v) is 5.78. The molecule has 0 saturated heterocycles. The summed E-state index contributed by atoms with van der Waals surface area (Å²) in [6.07, 6.45) is -0.140. The predicted molar refractivity (Wildman–Crippen MR) is 70.1 cm³/mol. The van der Waals surface area contributed by atoms with E-state index in [1.807, 2.05) is 6.92 Å². The molecule has 1 unspecified atom stereocenters. The molecular weight excluding hydrogens is 230 g/mol. The molecule has 0 aliphatic carbocycles. The minimum absolute atomic E-state index is 0.0529. The van der Waals surface area contributed by atoms with Gasteiger partial charge in [-0.15, -0.1) is 0 Å². The van der Waals surface area contributed by atoms with Crippen LogP contribution in [0.2, 0.25) is 0 Å². The first-order chi connectivity index (χ1) is 8.34. The van der Waals surface area contributed by atoms with Crippen LogP contribution in [0.5, 0.6) is 0 Å². The quantitative estimate of drug-likeness (QED) is 0.847. The smallest absolute Gasteiger partial charge is 0.240 e. The van der Waals surface area contributed by atoms with Crippen molar-refractivity contribution in [1.29, 1.82) is 0 Å². The van der Waals surface area contributed by atoms with Gasteiger partial charge in [-0.2, -0.15) is 4.98 Å². The molecule has 0 aromatic carbocycles. The Labute approximate surface area is 109 Å². The van der Waals surface area contributed by atoms with Crippen molar-refractivity contribution in [1.82, 2.24) is 15.5 Å². The van der Waals surface area contributed by atoms with Gasteiger partial charge in [-0.3, -0.25) is 0 Å². The van der Waals surface area contributed by atoms with Crippen LogP contribution in [0.15, 0.2) is 4.52 Å². The molecule has 5 nitrogen and oxygen atoms in total. The summed E-state index contributed by atoms with van der Waals surface area (Å²) < 4.78 is 11.0. The number of aromatic nitrogens is 2. The molecule has 0 aliphatic rings. The number of ether oxygens (including phenoxy) is 1. The monoisotopic (exact) mass is 255 g/mol. The minimum Gasteiger partial charge on any atom is -0.370 e. The summed E-state index contributed by atoms with van der Waals surface area (Å²) in [7, 11) is 0. The summed E-state index contributed by atoms with van der Waals surface area (Å²) >= 11 is 0. The summed E-state index contributed by atoms with van der Waals surface area (Å²) in [4.78, 5) is 4.40. The number of rotatable bonds is 6. The first-order valence-electron chi connectivity index (χ1n) is 6.52. The molecule has 0 fully saturated rings. The minimum atomic E-state index is -0.140. The molecular formula is C13H25N3O2. The molecule has 18 heavy (non-hydrogen) atoms. The highest BCUT2D eigenvalue weighted by atomic mass is 16.5. The Hall–Kier alpha value is -0.940. The van der Waals surface area contributed by atoms with Crippen molar-refractivity contribution in [3.8, 4) is 0 Å². The normalized spacial score (nSPS) is 14.2. The fraction of sp³-hybridized carbons (Fsp3) is 0.846. The molecule has 104 valence electrons. The van der Waals surface area contributed by atoms with E-state index in [1.165, 1.54) is 0 Å². The fourth-order valence-electron chi connectivity index (χ4n) is 1.62. The Kier molecular flexibility index (Phi) is 5.28. The van der Waals surface area contributed by atoms with Crippen molar-refractivity contribution >= 4 is 0 Å². The van der Waals surface area contributed by atoms with E-state index in [1.54, 1.807) is 0 Å². The summed E-state index contributed by atoms with van der Waals surface area (Å²) in [5.41, 5.74) is -0.0529. The molecule has 0 saturated carbocycles. The number of nitrogens with one attached hydrogen (secondary N) is 1. The molecule has 0 aliphatic heterocycles. The lowest BCUT2D eigenvalue weighted by Crippen LogP contribution is -2.23. The lowest BCUT2D eigenvalue weighted by Gasteiger charge is -2.27. The average Bonchev–Trinajstić information content (AvgIpc) is 2.69. The molecule has 5 heteroatoms. The third kappa shape index (κ3) is 4.38. The number of hydrogen-bond acceptors (Lipinski definition) is 5. The van der Waals surface area contributed by atoms with Gasteiger partial charge in [0.25, 0.3) is 0 Å². The van der Waals surface area contributed by atoms with Gasteiger partial charge in [-0.05, 0) is 12.3 Å². The van der Waals surface area contributed by atoms with Gasteiger partial charge in [0.05, 0.1) is 6.54 Å². The van der Waals surface area contributed by atoms with Gasteiger partial charge in [0, 0.05) is 12.6 Å². The summed E-state index contributed by atoms with van der Waals surface area (Å²) in [5, 5.41) is 7.28. The van der Waals surface area contributed by atoms with Crippen molar-refractivity contribution in [3.63, 3.8) is 0 Å². The zero-order chi connectivity index (χ0) is 13.8. The maximum atomic E-state index is 5.73. The molecule has 1 atom stereocenters. The van der Waals surface area contributed by atoms with E-state index >= 15 is 0 Å². The predicted octanol–water partition coefficient (Wildman–Crippen LogP) is 2.69. The Bertz CT molecular complexity index is 355. The van der Waals surface area contributed by atoms with Gasteiger partial charge in [0.2, 0.25) is 11.7 Å². The lowest BCUT2D eigenvalue weighted by atomic mass is 9.88. The van der Waals surface area contributed by atoms with E-state index in [4.69, 9.17) is 9.26 Å². The molecule has 1 N–H and O–H groups in total. The van der Waals surface area contributed by atoms with Gasteiger partial charge in [-0.1, -0.05) is 39.8 Å². The fourth-order valence-corrected chi connectivity index (χ4v) is 1.62. The maximum absolute atomic E-state index is 5.73. The van der Waals surface area contributed by atoms with Crippen molar-refractivity contribution < 1.29 is 9.26 Å². The van der Waals surface area contributed by atoms with Crippen LogP contribution in [0.25, 0.3) is 0 Å². The topological polar surface area (TPSA) is 60.2 Å². The van der Waals surface area contributed by atoms with E-state index in [-0.39, 0.29) is 11.5 Å². The zero-order valence-electron chi connectivity index (χ0n) is 12.3. The summed E-state index contributed by atoms with van der Waals surface area (Å²) in [6, 6.07) is 0.394. The van der Waals surface area contributed by atoms with Crippen molar-refractivity contribution in [2.24, 2.45) is 5.41 Å². The van der Waals surface area contributed by atoms with E-state index in [9.17, 15) is 0 Å². The highest BCUT2D eigenvalue weighted by Gasteiger charge is 2.31. The van der Waals surface area contributed by atoms with Gasteiger partial charge in [0.1, 0.15) is 6.10 Å². The average molecular weight is 255 g/mol. The molecule has 1 aromatic heterocycles. The maximum Gasteiger partial charge on any atom is 0.240 e. The molecule has 1 aromatic rings. The van der Waals surface area contributed by atoms with Crippen LogP contribution < -0.4 is 5.32 Å². The van der Waals surface area contributed by atoms with Crippen LogP contribution in [0.4, 0.5) is 0 Å². The third-order valence-electron chi connectivity index (χ3n) is 2.50. The number of hydrogen-bond donors (Lipinski definition) is 1. The Morgan fingerprint density at radius 2 is 2.00 bits per heavy atom. The van der Waals surface area contributed by atoms with Gasteiger partial charge < -0.3 is 14.6 Å². The van der Waals surface area contributed by atoms with Gasteiger partial charge >= 0.3 is 0 Å². The van der Waals surface area contributed by atoms with Gasteiger partial charge in [-0.25, -0.2) is 0 Å². The van der Waals surface area contributed by atoms with E-state index in [0.29, 0.717) is 30.9 Å². The molecule has 0 bridgehead atoms. The second-order valence-electron chi connectivity index (χ2n) is 5.78. The molecule has 1 rings (SSSR count). The molecule has 0 spiro atoms. The Balaban J connectivity index is 2.75. The number of nitrogens with zero attached hydrogens (tertiary/aromatic N) is 2. The highest BCUT2D eigenvalue weighted by Crippen LogP contribution is 2.34. The first-order valence-corrected chi connectivity index (χ1v) is 6.52. The van der Waals surface area contributed by atoms with Crippen LogP contribution in [0, 0.1) is 5.41 Å². The van der Waals surface area contributed by atoms with E-state index < -0.39 is 0 Å². The lowest BCUT2D eigenvalue weighted by molar-refractivity contribution is -0.0203. The van der Waals surface area contributed by atoms with Crippen molar-refractivity contribution in [2.45, 2.75) is 60.2 Å². The van der Waals surface area contributed by atoms with Crippen molar-refractivity contribution in [2.75, 3.05) is 6.61 Å². The summed E-state index contributed by atoms with van der Waals surface area (Å²) in [6.45, 7) is 13.7. The molecule has 1 heterocycles. The van der Waals surface area contributed by atoms with Crippen LogP contribution in [0.3, 0.4) is 0 Å². The van der Waals surface area contributed by atoms with Crippen LogP contribution >= 0.6 is 0 Å². The zero-order valence-corrected chi connectivity index (χ0v) is 12.3. The molecule has 0 radical (unpaired) electrons. The second kappa shape index (κ2) is 6.29. The first kappa shape index (κ1) is 15.1. The third-order valence-corrected chi connectivity index (χ3v) is 2.50. The Morgan fingerprint density at radius 3 is 2.50 bits per heavy atom. The highest BCUT2D eigenvalue weighted by molar-refractivity contribution is 4.96. The molecule has 0 amide bonds. The van der Waals surface area contributed by atoms with Crippen LogP contribution in [-0.2, 0) is 11.3 Å². The van der Waals surface area contributed by atoms with E-state index in [2.05, 4.69) is 50.1 Å². The van der Waals surface area contributed by atoms with Crippen LogP contribution in [0.1, 0.15) is 59.4 Å². The largest absolute Gasteiger partial charge is 0.370 e. The van der Waals surface area contributed by atoms with Gasteiger partial charge in [0.15, 0.2) is 0 Å². The SMILES string of the molecule is CCOC(c1noc(CNC(C)C)n1)C(C)(C)C. The summed E-state index contributed by atoms with van der Waals surface area (Å²) in [5.74, 6) is 1.23. The standard InChI is InChI=1S/C13H25N3O2/c1-7-17-11(13(4,5)6)12-15-10(18-16-12)8-14-9(2)3/h9,11,14H,7-8H2,1-6H3.